The summed E-state index contributed by atoms with van der Waals surface area (Å²) in [5.74, 6) is 2.64. The number of piperidine rings is 1. The standard InChI is InChI=1S/C21H35N3O2/c25-20(23-21-12-15-9-16(13-21)11-17(10-15)14-21)22-18-1-5-24(6-2-18)19-3-7-26-8-4-19/h15-19H,1-14H2,(H2,22,23,25). The number of nitrogens with one attached hydrogen (secondary N) is 2. The Morgan fingerprint density at radius 1 is 0.885 bits per heavy atom. The highest BCUT2D eigenvalue weighted by Crippen LogP contribution is 2.55. The third kappa shape index (κ3) is 3.49. The molecular weight excluding hydrogens is 326 g/mol. The fourth-order valence-electron chi connectivity index (χ4n) is 7.19. The van der Waals surface area contributed by atoms with Gasteiger partial charge < -0.3 is 20.3 Å². The van der Waals surface area contributed by atoms with Gasteiger partial charge in [-0.15, -0.1) is 0 Å². The second kappa shape index (κ2) is 6.97. The smallest absolute Gasteiger partial charge is 0.315 e. The van der Waals surface area contributed by atoms with Crippen LogP contribution in [0.3, 0.4) is 0 Å². The Hall–Kier alpha value is -0.810. The van der Waals surface area contributed by atoms with Crippen molar-refractivity contribution in [2.45, 2.75) is 81.8 Å². The molecule has 0 atom stereocenters. The summed E-state index contributed by atoms with van der Waals surface area (Å²) in [6.45, 7) is 4.06. The first-order valence-electron chi connectivity index (χ1n) is 11.1. The van der Waals surface area contributed by atoms with Crippen molar-refractivity contribution in [3.05, 3.63) is 0 Å². The Balaban J connectivity index is 1.10. The number of hydrogen-bond donors (Lipinski definition) is 2. The lowest BCUT2D eigenvalue weighted by atomic mass is 9.53. The van der Waals surface area contributed by atoms with Crippen LogP contribution in [0, 0.1) is 17.8 Å². The van der Waals surface area contributed by atoms with Crippen LogP contribution in [0.1, 0.15) is 64.2 Å². The minimum absolute atomic E-state index is 0.108. The topological polar surface area (TPSA) is 53.6 Å². The van der Waals surface area contributed by atoms with E-state index < -0.39 is 0 Å². The molecule has 0 aromatic carbocycles. The Kier molecular flexibility index (Phi) is 4.64. The zero-order valence-electron chi connectivity index (χ0n) is 16.0. The Labute approximate surface area is 157 Å². The van der Waals surface area contributed by atoms with Gasteiger partial charge in [0.05, 0.1) is 0 Å². The maximum absolute atomic E-state index is 12.7. The SMILES string of the molecule is O=C(NC1CCN(C2CCOCC2)CC1)NC12CC3CC(CC(C3)C1)C2. The molecule has 146 valence electrons. The molecule has 0 aromatic heterocycles. The molecule has 4 aliphatic carbocycles. The van der Waals surface area contributed by atoms with Crippen molar-refractivity contribution >= 4 is 6.03 Å². The molecule has 5 heteroatoms. The third-order valence-corrected chi connectivity index (χ3v) is 7.99. The molecule has 2 aliphatic heterocycles. The second-order valence-electron chi connectivity index (χ2n) is 9.95. The van der Waals surface area contributed by atoms with E-state index in [0.29, 0.717) is 12.1 Å². The van der Waals surface area contributed by atoms with Gasteiger partial charge in [-0.3, -0.25) is 0 Å². The van der Waals surface area contributed by atoms with Gasteiger partial charge in [0.1, 0.15) is 0 Å². The first kappa shape index (κ1) is 17.3. The average molecular weight is 362 g/mol. The summed E-state index contributed by atoms with van der Waals surface area (Å²) >= 11 is 0. The molecule has 4 bridgehead atoms. The fourth-order valence-corrected chi connectivity index (χ4v) is 7.19. The van der Waals surface area contributed by atoms with Crippen molar-refractivity contribution < 1.29 is 9.53 Å². The largest absolute Gasteiger partial charge is 0.381 e. The number of carbonyl (C=O) groups excluding carboxylic acids is 1. The number of hydrogen-bond acceptors (Lipinski definition) is 3. The van der Waals surface area contributed by atoms with Crippen LogP contribution in [-0.2, 0) is 4.74 Å². The van der Waals surface area contributed by atoms with Crippen LogP contribution >= 0.6 is 0 Å². The van der Waals surface area contributed by atoms with Crippen molar-refractivity contribution in [3.63, 3.8) is 0 Å². The van der Waals surface area contributed by atoms with Crippen molar-refractivity contribution in [1.29, 1.82) is 0 Å². The minimum Gasteiger partial charge on any atom is -0.381 e. The molecule has 26 heavy (non-hydrogen) atoms. The Morgan fingerprint density at radius 3 is 2.04 bits per heavy atom. The molecule has 6 fully saturated rings. The van der Waals surface area contributed by atoms with Crippen molar-refractivity contribution in [3.8, 4) is 0 Å². The molecule has 2 heterocycles. The predicted octanol–water partition coefficient (Wildman–Crippen LogP) is 2.90. The quantitative estimate of drug-likeness (QED) is 0.813. The summed E-state index contributed by atoms with van der Waals surface area (Å²) in [4.78, 5) is 15.3. The first-order valence-corrected chi connectivity index (χ1v) is 11.1. The second-order valence-corrected chi connectivity index (χ2v) is 9.95. The summed E-state index contributed by atoms with van der Waals surface area (Å²) in [7, 11) is 0. The van der Waals surface area contributed by atoms with Crippen LogP contribution in [0.2, 0.25) is 0 Å². The van der Waals surface area contributed by atoms with Crippen LogP contribution in [0.25, 0.3) is 0 Å². The Bertz CT molecular complexity index is 488. The molecule has 0 aromatic rings. The van der Waals surface area contributed by atoms with E-state index in [-0.39, 0.29) is 11.6 Å². The molecule has 0 unspecified atom stereocenters. The fraction of sp³-hybridized carbons (Fsp3) is 0.952. The van der Waals surface area contributed by atoms with Crippen LogP contribution < -0.4 is 10.6 Å². The number of carbonyl (C=O) groups is 1. The molecule has 6 aliphatic rings. The van der Waals surface area contributed by atoms with E-state index in [9.17, 15) is 4.79 Å². The van der Waals surface area contributed by atoms with Crippen LogP contribution in [0.5, 0.6) is 0 Å². The van der Waals surface area contributed by atoms with E-state index in [1.165, 1.54) is 51.4 Å². The summed E-state index contributed by atoms with van der Waals surface area (Å²) < 4.78 is 5.49. The zero-order chi connectivity index (χ0) is 17.6. The molecule has 6 rings (SSSR count). The molecule has 2 amide bonds. The molecule has 4 saturated carbocycles. The number of likely N-dealkylation sites (tertiary alicyclic amines) is 1. The normalized spacial score (nSPS) is 41.3. The van der Waals surface area contributed by atoms with Crippen molar-refractivity contribution in [2.24, 2.45) is 17.8 Å². The predicted molar refractivity (Wildman–Crippen MR) is 101 cm³/mol. The van der Waals surface area contributed by atoms with Gasteiger partial charge in [0, 0.05) is 43.9 Å². The lowest BCUT2D eigenvalue weighted by Crippen LogP contribution is -2.62. The summed E-state index contributed by atoms with van der Waals surface area (Å²) in [6, 6.07) is 1.15. The monoisotopic (exact) mass is 361 g/mol. The number of nitrogens with zero attached hydrogens (tertiary/aromatic N) is 1. The van der Waals surface area contributed by atoms with Crippen LogP contribution in [0.15, 0.2) is 0 Å². The van der Waals surface area contributed by atoms with Gasteiger partial charge in [-0.25, -0.2) is 4.79 Å². The number of ether oxygens (including phenoxy) is 1. The molecule has 0 spiro atoms. The van der Waals surface area contributed by atoms with Gasteiger partial charge in [0.25, 0.3) is 0 Å². The van der Waals surface area contributed by atoms with Gasteiger partial charge in [0.2, 0.25) is 0 Å². The van der Waals surface area contributed by atoms with Gasteiger partial charge in [0.15, 0.2) is 0 Å². The number of urea groups is 1. The zero-order valence-corrected chi connectivity index (χ0v) is 16.0. The maximum atomic E-state index is 12.7. The molecule has 2 N–H and O–H groups in total. The highest BCUT2D eigenvalue weighted by Gasteiger charge is 2.51. The van der Waals surface area contributed by atoms with E-state index in [4.69, 9.17) is 4.74 Å². The van der Waals surface area contributed by atoms with Crippen LogP contribution in [-0.4, -0.2) is 54.9 Å². The lowest BCUT2D eigenvalue weighted by Gasteiger charge is -2.56. The maximum Gasteiger partial charge on any atom is 0.315 e. The van der Waals surface area contributed by atoms with Gasteiger partial charge in [-0.05, 0) is 82.0 Å². The van der Waals surface area contributed by atoms with Gasteiger partial charge in [-0.1, -0.05) is 0 Å². The van der Waals surface area contributed by atoms with E-state index >= 15 is 0 Å². The van der Waals surface area contributed by atoms with Crippen molar-refractivity contribution in [2.75, 3.05) is 26.3 Å². The van der Waals surface area contributed by atoms with Gasteiger partial charge in [-0.2, -0.15) is 0 Å². The highest BCUT2D eigenvalue weighted by molar-refractivity contribution is 5.75. The third-order valence-electron chi connectivity index (χ3n) is 7.99. The minimum atomic E-state index is 0.108. The molecule has 2 saturated heterocycles. The van der Waals surface area contributed by atoms with E-state index in [1.807, 2.05) is 0 Å². The Morgan fingerprint density at radius 2 is 1.46 bits per heavy atom. The number of rotatable bonds is 3. The summed E-state index contributed by atoms with van der Waals surface area (Å²) in [5, 5.41) is 6.78. The first-order chi connectivity index (χ1) is 12.7. The number of amides is 2. The van der Waals surface area contributed by atoms with E-state index in [2.05, 4.69) is 15.5 Å². The van der Waals surface area contributed by atoms with E-state index in [0.717, 1.165) is 56.9 Å². The molecule has 0 radical (unpaired) electrons. The average Bonchev–Trinajstić information content (AvgIpc) is 2.61. The van der Waals surface area contributed by atoms with Crippen LogP contribution in [0.4, 0.5) is 4.79 Å². The van der Waals surface area contributed by atoms with Crippen molar-refractivity contribution in [1.82, 2.24) is 15.5 Å². The highest BCUT2D eigenvalue weighted by atomic mass is 16.5. The molecular formula is C21H35N3O2. The van der Waals surface area contributed by atoms with Gasteiger partial charge >= 0.3 is 6.03 Å². The van der Waals surface area contributed by atoms with E-state index in [1.54, 1.807) is 0 Å². The molecule has 5 nitrogen and oxygen atoms in total. The summed E-state index contributed by atoms with van der Waals surface area (Å²) in [5.41, 5.74) is 0.127. The lowest BCUT2D eigenvalue weighted by molar-refractivity contribution is -0.0139. The summed E-state index contributed by atoms with van der Waals surface area (Å²) in [6.07, 6.45) is 12.5.